The molecule has 0 saturated heterocycles. The van der Waals surface area contributed by atoms with Gasteiger partial charge in [0.05, 0.1) is 4.47 Å². The summed E-state index contributed by atoms with van der Waals surface area (Å²) in [6, 6.07) is 1.99. The zero-order valence-corrected chi connectivity index (χ0v) is 13.0. The molecule has 17 heavy (non-hydrogen) atoms. The number of rotatable bonds is 4. The third-order valence-corrected chi connectivity index (χ3v) is 3.82. The number of hydrogen-bond acceptors (Lipinski definition) is 3. The second kappa shape index (κ2) is 5.69. The minimum atomic E-state index is -4.12. The first-order valence-corrected chi connectivity index (χ1v) is 8.01. The van der Waals surface area contributed by atoms with Crippen LogP contribution in [0.2, 0.25) is 0 Å². The van der Waals surface area contributed by atoms with E-state index in [9.17, 15) is 12.8 Å². The van der Waals surface area contributed by atoms with Crippen molar-refractivity contribution < 1.29 is 17.5 Å². The first-order valence-electron chi connectivity index (χ1n) is 4.11. The molecule has 1 aromatic carbocycles. The zero-order chi connectivity index (χ0) is 13.2. The van der Waals surface area contributed by atoms with Crippen molar-refractivity contribution in [2.45, 2.75) is 4.90 Å². The Morgan fingerprint density at radius 3 is 2.59 bits per heavy atom. The lowest BCUT2D eigenvalue weighted by atomic mass is 10.3. The van der Waals surface area contributed by atoms with Gasteiger partial charge in [0.15, 0.2) is 0 Å². The van der Waals surface area contributed by atoms with E-state index >= 15 is 0 Å². The zero-order valence-electron chi connectivity index (χ0n) is 8.21. The fraction of sp³-hybridized carbons (Fsp3) is 0.111. The van der Waals surface area contributed by atoms with E-state index in [0.717, 1.165) is 12.1 Å². The number of ether oxygens (including phenoxy) is 1. The van der Waals surface area contributed by atoms with Crippen LogP contribution in [0.5, 0.6) is 5.75 Å². The molecule has 0 aliphatic rings. The minimum absolute atomic E-state index is 0.130. The predicted molar refractivity (Wildman–Crippen MR) is 70.7 cm³/mol. The average Bonchev–Trinajstić information content (AvgIpc) is 2.17. The molecule has 0 aliphatic carbocycles. The van der Waals surface area contributed by atoms with Gasteiger partial charge in [-0.15, -0.1) is 0 Å². The van der Waals surface area contributed by atoms with Crippen LogP contribution in [-0.2, 0) is 9.05 Å². The summed E-state index contributed by atoms with van der Waals surface area (Å²) in [5, 5.41) is 0. The van der Waals surface area contributed by atoms with Crippen molar-refractivity contribution in [3.63, 3.8) is 0 Å². The topological polar surface area (TPSA) is 43.4 Å². The van der Waals surface area contributed by atoms with Crippen molar-refractivity contribution in [2.24, 2.45) is 0 Å². The lowest BCUT2D eigenvalue weighted by Crippen LogP contribution is -2.01. The second-order valence-corrected chi connectivity index (χ2v) is 7.47. The molecule has 1 rings (SSSR count). The molecule has 3 nitrogen and oxygen atoms in total. The predicted octanol–water partition coefficient (Wildman–Crippen LogP) is 3.80. The van der Waals surface area contributed by atoms with Gasteiger partial charge in [0.2, 0.25) is 0 Å². The van der Waals surface area contributed by atoms with E-state index in [1.54, 1.807) is 0 Å². The molecule has 0 radical (unpaired) electrons. The summed E-state index contributed by atoms with van der Waals surface area (Å²) in [5.41, 5.74) is 0. The molecular formula is C9H6Br2ClFO3S. The Morgan fingerprint density at radius 1 is 1.53 bits per heavy atom. The Labute approximate surface area is 119 Å². The van der Waals surface area contributed by atoms with Crippen LogP contribution in [0.4, 0.5) is 4.39 Å². The van der Waals surface area contributed by atoms with Crippen LogP contribution < -0.4 is 4.74 Å². The van der Waals surface area contributed by atoms with Gasteiger partial charge in [-0.2, -0.15) is 0 Å². The third-order valence-electron chi connectivity index (χ3n) is 1.63. The Balaban J connectivity index is 3.14. The Bertz CT molecular complexity index is 560. The van der Waals surface area contributed by atoms with E-state index in [4.69, 9.17) is 15.4 Å². The van der Waals surface area contributed by atoms with Crippen LogP contribution in [0.15, 0.2) is 32.6 Å². The molecule has 0 N–H and O–H groups in total. The summed E-state index contributed by atoms with van der Waals surface area (Å²) in [7, 11) is 0.945. The van der Waals surface area contributed by atoms with Crippen LogP contribution in [-0.4, -0.2) is 15.0 Å². The standard InChI is InChI=1S/C9H6Br2ClFO3S/c1-5(10)4-16-8-3-7(13)9(2-6(8)11)17(12,14)15/h2-3H,1,4H2. The van der Waals surface area contributed by atoms with Crippen LogP contribution >= 0.6 is 42.5 Å². The fourth-order valence-corrected chi connectivity index (χ4v) is 2.59. The molecule has 0 atom stereocenters. The van der Waals surface area contributed by atoms with Gasteiger partial charge < -0.3 is 4.74 Å². The summed E-state index contributed by atoms with van der Waals surface area (Å²) in [4.78, 5) is -0.601. The molecule has 0 bridgehead atoms. The van der Waals surface area contributed by atoms with Gasteiger partial charge in [0, 0.05) is 21.2 Å². The lowest BCUT2D eigenvalue weighted by Gasteiger charge is -2.09. The first kappa shape index (κ1) is 14.9. The highest BCUT2D eigenvalue weighted by Gasteiger charge is 2.19. The van der Waals surface area contributed by atoms with Crippen LogP contribution in [0.1, 0.15) is 0 Å². The van der Waals surface area contributed by atoms with Crippen LogP contribution in [0, 0.1) is 5.82 Å². The van der Waals surface area contributed by atoms with E-state index in [2.05, 4.69) is 38.4 Å². The minimum Gasteiger partial charge on any atom is -0.487 e. The van der Waals surface area contributed by atoms with Crippen molar-refractivity contribution in [3.05, 3.63) is 33.5 Å². The van der Waals surface area contributed by atoms with Gasteiger partial charge >= 0.3 is 0 Å². The molecule has 0 fully saturated rings. The maximum atomic E-state index is 13.5. The van der Waals surface area contributed by atoms with Gasteiger partial charge in [-0.3, -0.25) is 0 Å². The molecule has 0 aliphatic heterocycles. The van der Waals surface area contributed by atoms with Crippen molar-refractivity contribution >= 4 is 51.6 Å². The Hall–Kier alpha value is -0.110. The molecule has 0 saturated carbocycles. The Morgan fingerprint density at radius 2 is 2.12 bits per heavy atom. The first-order chi connectivity index (χ1) is 7.71. The quantitative estimate of drug-likeness (QED) is 0.712. The van der Waals surface area contributed by atoms with Gasteiger partial charge in [-0.05, 0) is 22.0 Å². The van der Waals surface area contributed by atoms with E-state index < -0.39 is 19.8 Å². The molecule has 0 spiro atoms. The summed E-state index contributed by atoms with van der Waals surface area (Å²) in [6.45, 7) is 3.67. The normalized spacial score (nSPS) is 11.3. The van der Waals surface area contributed by atoms with E-state index in [1.807, 2.05) is 0 Å². The maximum absolute atomic E-state index is 13.5. The molecule has 1 aromatic rings. The van der Waals surface area contributed by atoms with Gasteiger partial charge in [-0.25, -0.2) is 12.8 Å². The van der Waals surface area contributed by atoms with Crippen LogP contribution in [0.25, 0.3) is 0 Å². The van der Waals surface area contributed by atoms with Gasteiger partial charge in [0.25, 0.3) is 9.05 Å². The average molecular weight is 408 g/mol. The van der Waals surface area contributed by atoms with Crippen molar-refractivity contribution in [2.75, 3.05) is 6.61 Å². The highest BCUT2D eigenvalue weighted by molar-refractivity contribution is 9.11. The third kappa shape index (κ3) is 4.24. The monoisotopic (exact) mass is 406 g/mol. The number of halogens is 4. The number of benzene rings is 1. The Kier molecular flexibility index (Phi) is 5.00. The van der Waals surface area contributed by atoms with Crippen molar-refractivity contribution in [1.82, 2.24) is 0 Å². The van der Waals surface area contributed by atoms with Crippen molar-refractivity contribution in [1.29, 1.82) is 0 Å². The maximum Gasteiger partial charge on any atom is 0.264 e. The molecule has 0 heterocycles. The van der Waals surface area contributed by atoms with Gasteiger partial charge in [0.1, 0.15) is 23.1 Å². The molecule has 0 unspecified atom stereocenters. The highest BCUT2D eigenvalue weighted by Crippen LogP contribution is 2.32. The van der Waals surface area contributed by atoms with E-state index in [1.165, 1.54) is 0 Å². The lowest BCUT2D eigenvalue weighted by molar-refractivity contribution is 0.355. The fourth-order valence-electron chi connectivity index (χ4n) is 0.964. The highest BCUT2D eigenvalue weighted by atomic mass is 79.9. The van der Waals surface area contributed by atoms with E-state index in [-0.39, 0.29) is 16.8 Å². The van der Waals surface area contributed by atoms with E-state index in [0.29, 0.717) is 4.48 Å². The van der Waals surface area contributed by atoms with Crippen molar-refractivity contribution in [3.8, 4) is 5.75 Å². The SMILES string of the molecule is C=C(Br)COc1cc(F)c(S(=O)(=O)Cl)cc1Br. The largest absolute Gasteiger partial charge is 0.487 e. The van der Waals surface area contributed by atoms with Crippen LogP contribution in [0.3, 0.4) is 0 Å². The summed E-state index contributed by atoms with van der Waals surface area (Å²) in [6.07, 6.45) is 0. The van der Waals surface area contributed by atoms with Gasteiger partial charge in [-0.1, -0.05) is 22.5 Å². The summed E-state index contributed by atoms with van der Waals surface area (Å²) in [5.74, 6) is -0.814. The second-order valence-electron chi connectivity index (χ2n) is 2.96. The molecule has 94 valence electrons. The smallest absolute Gasteiger partial charge is 0.264 e. The summed E-state index contributed by atoms with van der Waals surface area (Å²) >= 11 is 6.14. The molecule has 0 aromatic heterocycles. The molecular weight excluding hydrogens is 402 g/mol. The molecule has 0 amide bonds. The molecule has 8 heteroatoms. The summed E-state index contributed by atoms with van der Waals surface area (Å²) < 4.78 is 41.5. The number of hydrogen-bond donors (Lipinski definition) is 0.